The highest BCUT2D eigenvalue weighted by Gasteiger charge is 2.56. The third-order valence-corrected chi connectivity index (χ3v) is 8.40. The van der Waals surface area contributed by atoms with Gasteiger partial charge >= 0.3 is 0 Å². The molecule has 1 spiro atoms. The van der Waals surface area contributed by atoms with E-state index >= 15 is 0 Å². The first-order valence-corrected chi connectivity index (χ1v) is 13.9. The first-order chi connectivity index (χ1) is 18.9. The molecule has 2 aliphatic heterocycles. The van der Waals surface area contributed by atoms with E-state index in [0.717, 1.165) is 22.2 Å². The van der Waals surface area contributed by atoms with Crippen molar-refractivity contribution in [2.45, 2.75) is 70.4 Å². The van der Waals surface area contributed by atoms with E-state index in [4.69, 9.17) is 0 Å². The molecule has 0 radical (unpaired) electrons. The van der Waals surface area contributed by atoms with Gasteiger partial charge in [0.15, 0.2) is 0 Å². The molecule has 2 N–H and O–H groups in total. The smallest absolute Gasteiger partial charge is 0.270 e. The number of anilines is 1. The van der Waals surface area contributed by atoms with Gasteiger partial charge in [0, 0.05) is 36.6 Å². The summed E-state index contributed by atoms with van der Waals surface area (Å²) in [4.78, 5) is 47.3. The molecule has 0 unspecified atom stereocenters. The minimum atomic E-state index is -0.973. The Labute approximate surface area is 235 Å². The molecule has 0 saturated carbocycles. The Balaban J connectivity index is 1.45. The fourth-order valence-electron chi connectivity index (χ4n) is 6.09. The highest BCUT2D eigenvalue weighted by atomic mass is 16.2. The number of likely N-dealkylation sites (N-methyl/N-ethyl adjacent to an activating group) is 1. The van der Waals surface area contributed by atoms with Gasteiger partial charge < -0.3 is 20.1 Å². The lowest BCUT2D eigenvalue weighted by atomic mass is 9.80. The molecule has 2 aromatic carbocycles. The number of hydrogen-bond donors (Lipinski definition) is 2. The van der Waals surface area contributed by atoms with Crippen molar-refractivity contribution in [1.29, 1.82) is 5.26 Å². The summed E-state index contributed by atoms with van der Waals surface area (Å²) in [7, 11) is 1.64. The predicted octanol–water partition coefficient (Wildman–Crippen LogP) is 4.97. The van der Waals surface area contributed by atoms with Gasteiger partial charge in [-0.25, -0.2) is 0 Å². The molecule has 0 aliphatic carbocycles. The fraction of sp³-hybridized carbons (Fsp3) is 0.438. The standard InChI is InChI=1S/C32H37N5O3/c1-19(2)13-27(36(6)28(38)26-15-20-14-21(31(3,4)5)11-12-24(20)34-26)29(39)37-18-32(16-22(37)17-33)23-9-7-8-10-25(23)35-30(32)40/h7-12,14-15,19,22,27,34H,13,16,18H2,1-6H3,(H,35,40)/t22-,27-,32-/m0/s1. The summed E-state index contributed by atoms with van der Waals surface area (Å²) in [5, 5.41) is 13.9. The molecule has 3 amide bonds. The second-order valence-electron chi connectivity index (χ2n) is 12.7. The van der Waals surface area contributed by atoms with E-state index in [1.807, 2.05) is 50.2 Å². The van der Waals surface area contributed by atoms with Crippen LogP contribution in [0.5, 0.6) is 0 Å². The van der Waals surface area contributed by atoms with Gasteiger partial charge in [0.2, 0.25) is 11.8 Å². The zero-order valence-electron chi connectivity index (χ0n) is 24.0. The summed E-state index contributed by atoms with van der Waals surface area (Å²) in [6, 6.07) is 16.1. The van der Waals surface area contributed by atoms with Crippen LogP contribution in [0, 0.1) is 17.2 Å². The normalized spacial score (nSPS) is 21.0. The maximum atomic E-state index is 14.2. The summed E-state index contributed by atoms with van der Waals surface area (Å²) in [5.74, 6) is -0.675. The monoisotopic (exact) mass is 539 g/mol. The Kier molecular flexibility index (Phi) is 6.73. The Morgan fingerprint density at radius 1 is 1.18 bits per heavy atom. The molecule has 8 nitrogen and oxygen atoms in total. The molecule has 3 atom stereocenters. The Hall–Kier alpha value is -4.12. The number of benzene rings is 2. The molecule has 2 aliphatic rings. The summed E-state index contributed by atoms with van der Waals surface area (Å²) in [6.45, 7) is 10.5. The van der Waals surface area contributed by atoms with Crippen LogP contribution < -0.4 is 5.32 Å². The predicted molar refractivity (Wildman–Crippen MR) is 155 cm³/mol. The van der Waals surface area contributed by atoms with Crippen molar-refractivity contribution in [2.75, 3.05) is 18.9 Å². The average molecular weight is 540 g/mol. The van der Waals surface area contributed by atoms with E-state index in [2.05, 4.69) is 49.3 Å². The molecule has 5 rings (SSSR count). The van der Waals surface area contributed by atoms with Crippen molar-refractivity contribution in [3.05, 3.63) is 65.4 Å². The van der Waals surface area contributed by atoms with Crippen LogP contribution in [0.3, 0.4) is 0 Å². The van der Waals surface area contributed by atoms with Gasteiger partial charge in [-0.3, -0.25) is 14.4 Å². The maximum absolute atomic E-state index is 14.2. The molecule has 1 saturated heterocycles. The van der Waals surface area contributed by atoms with Crippen molar-refractivity contribution in [3.63, 3.8) is 0 Å². The van der Waals surface area contributed by atoms with Gasteiger partial charge in [0.1, 0.15) is 17.8 Å². The van der Waals surface area contributed by atoms with Gasteiger partial charge in [-0.15, -0.1) is 0 Å². The van der Waals surface area contributed by atoms with E-state index in [-0.39, 0.29) is 42.0 Å². The number of hydrogen-bond acceptors (Lipinski definition) is 4. The Bertz CT molecular complexity index is 1540. The lowest BCUT2D eigenvalue weighted by molar-refractivity contribution is -0.136. The largest absolute Gasteiger partial charge is 0.351 e. The topological polar surface area (TPSA) is 109 Å². The SMILES string of the molecule is CC(C)C[C@@H](C(=O)N1C[C@]2(C[C@H]1C#N)C(=O)Nc1ccccc12)N(C)C(=O)c1cc2cc(C(C)(C)C)ccc2[nH]1. The fourth-order valence-corrected chi connectivity index (χ4v) is 6.09. The van der Waals surface area contributed by atoms with Crippen LogP contribution in [0.2, 0.25) is 0 Å². The third kappa shape index (κ3) is 4.53. The van der Waals surface area contributed by atoms with E-state index in [1.165, 1.54) is 15.4 Å². The number of H-pyrrole nitrogens is 1. The summed E-state index contributed by atoms with van der Waals surface area (Å²) >= 11 is 0. The van der Waals surface area contributed by atoms with Crippen molar-refractivity contribution in [3.8, 4) is 6.07 Å². The van der Waals surface area contributed by atoms with Crippen LogP contribution >= 0.6 is 0 Å². The zero-order chi connectivity index (χ0) is 29.0. The summed E-state index contributed by atoms with van der Waals surface area (Å²) in [5.41, 5.74) is 2.97. The average Bonchev–Trinajstić information content (AvgIpc) is 3.59. The second kappa shape index (κ2) is 9.81. The molecule has 8 heteroatoms. The highest BCUT2D eigenvalue weighted by Crippen LogP contribution is 2.46. The van der Waals surface area contributed by atoms with Crippen LogP contribution in [0.15, 0.2) is 48.5 Å². The number of nitrogens with one attached hydrogen (secondary N) is 2. The molecular weight excluding hydrogens is 502 g/mol. The van der Waals surface area contributed by atoms with Gasteiger partial charge in [-0.1, -0.05) is 58.9 Å². The van der Waals surface area contributed by atoms with E-state index in [1.54, 1.807) is 7.05 Å². The number of nitriles is 1. The van der Waals surface area contributed by atoms with Crippen molar-refractivity contribution in [2.24, 2.45) is 5.92 Å². The molecular formula is C32H37N5O3. The van der Waals surface area contributed by atoms with E-state index in [0.29, 0.717) is 12.1 Å². The van der Waals surface area contributed by atoms with Crippen molar-refractivity contribution in [1.82, 2.24) is 14.8 Å². The van der Waals surface area contributed by atoms with Crippen LogP contribution in [-0.4, -0.2) is 58.2 Å². The highest BCUT2D eigenvalue weighted by molar-refractivity contribution is 6.07. The number of likely N-dealkylation sites (tertiary alicyclic amines) is 1. The minimum absolute atomic E-state index is 0.0255. The molecule has 1 aromatic heterocycles. The summed E-state index contributed by atoms with van der Waals surface area (Å²) < 4.78 is 0. The van der Waals surface area contributed by atoms with E-state index < -0.39 is 17.5 Å². The Morgan fingerprint density at radius 2 is 1.90 bits per heavy atom. The molecule has 3 aromatic rings. The number of rotatable bonds is 5. The number of para-hydroxylation sites is 1. The number of amides is 3. The van der Waals surface area contributed by atoms with Crippen LogP contribution in [-0.2, 0) is 20.4 Å². The number of carbonyl (C=O) groups is 3. The zero-order valence-corrected chi connectivity index (χ0v) is 24.0. The minimum Gasteiger partial charge on any atom is -0.351 e. The van der Waals surface area contributed by atoms with Crippen LogP contribution in [0.1, 0.15) is 69.1 Å². The van der Waals surface area contributed by atoms with Crippen LogP contribution in [0.4, 0.5) is 5.69 Å². The number of carbonyl (C=O) groups excluding carboxylic acids is 3. The first-order valence-electron chi connectivity index (χ1n) is 13.9. The third-order valence-electron chi connectivity index (χ3n) is 8.40. The Morgan fingerprint density at radius 3 is 2.58 bits per heavy atom. The molecule has 40 heavy (non-hydrogen) atoms. The van der Waals surface area contributed by atoms with Gasteiger partial charge in [0.05, 0.1) is 11.5 Å². The van der Waals surface area contributed by atoms with E-state index in [9.17, 15) is 19.6 Å². The maximum Gasteiger partial charge on any atom is 0.270 e. The number of aromatic nitrogens is 1. The second-order valence-corrected chi connectivity index (χ2v) is 12.7. The molecule has 0 bridgehead atoms. The van der Waals surface area contributed by atoms with Gasteiger partial charge in [0.25, 0.3) is 5.91 Å². The van der Waals surface area contributed by atoms with Gasteiger partial charge in [-0.2, -0.15) is 5.26 Å². The number of nitrogens with zero attached hydrogens (tertiary/aromatic N) is 3. The summed E-state index contributed by atoms with van der Waals surface area (Å²) in [6.07, 6.45) is 0.655. The van der Waals surface area contributed by atoms with Crippen LogP contribution in [0.25, 0.3) is 10.9 Å². The van der Waals surface area contributed by atoms with Crippen molar-refractivity contribution < 1.29 is 14.4 Å². The van der Waals surface area contributed by atoms with Gasteiger partial charge in [-0.05, 0) is 53.1 Å². The molecule has 1 fully saturated rings. The lowest BCUT2D eigenvalue weighted by Crippen LogP contribution is -2.52. The molecule has 208 valence electrons. The number of fused-ring (bicyclic) bond motifs is 3. The van der Waals surface area contributed by atoms with Crippen molar-refractivity contribution >= 4 is 34.3 Å². The molecule has 3 heterocycles. The lowest BCUT2D eigenvalue weighted by Gasteiger charge is -2.33. The quantitative estimate of drug-likeness (QED) is 0.477. The first kappa shape index (κ1) is 27.4. The number of aromatic amines is 1.